The monoisotopic (exact) mass is 614 g/mol. The number of hydrogen-bond donors (Lipinski definition) is 6. The minimum Gasteiger partial charge on any atom is -0.479 e. The van der Waals surface area contributed by atoms with E-state index in [1.54, 1.807) is 60.0 Å². The van der Waals surface area contributed by atoms with Crippen LogP contribution in [0.1, 0.15) is 21.6 Å². The molecule has 1 fully saturated rings. The summed E-state index contributed by atoms with van der Waals surface area (Å²) in [6, 6.07) is 15.0. The number of aromatic nitrogens is 1. The van der Waals surface area contributed by atoms with Crippen LogP contribution in [0.3, 0.4) is 0 Å². The molecule has 3 aromatic rings. The maximum atomic E-state index is 13.1. The van der Waals surface area contributed by atoms with Crippen LogP contribution in [0, 0.1) is 0 Å². The van der Waals surface area contributed by atoms with Gasteiger partial charge in [-0.25, -0.2) is 14.6 Å². The van der Waals surface area contributed by atoms with Crippen molar-refractivity contribution in [1.82, 2.24) is 9.88 Å². The second-order valence-corrected chi connectivity index (χ2v) is 10.6. The molecule has 15 heteroatoms. The largest absolute Gasteiger partial charge is 0.479 e. The number of anilines is 2. The van der Waals surface area contributed by atoms with Crippen molar-refractivity contribution in [1.29, 1.82) is 0 Å². The van der Waals surface area contributed by atoms with Crippen molar-refractivity contribution < 1.29 is 49.1 Å². The SMILES string of the molecule is Nc1nc(CC(=O)Nc2ccc(CCN(CC(=O)c3ccccc3)C(=O)O[C@H]3O[C@@H](C(=O)O)[C@H](O)[C@@H](O)[C@@H]3O)cc2)cs1. The Hall–Kier alpha value is -4.41. The van der Waals surface area contributed by atoms with Gasteiger partial charge in [-0.1, -0.05) is 42.5 Å². The molecule has 4 rings (SSSR count). The predicted octanol–water partition coefficient (Wildman–Crippen LogP) is 0.663. The van der Waals surface area contributed by atoms with E-state index >= 15 is 0 Å². The number of carbonyl (C=O) groups excluding carboxylic acids is 3. The molecule has 7 N–H and O–H groups in total. The van der Waals surface area contributed by atoms with Crippen LogP contribution in [-0.4, -0.2) is 97.9 Å². The molecule has 2 heterocycles. The first kappa shape index (κ1) is 31.5. The molecule has 1 aliphatic rings. The molecule has 1 aromatic heterocycles. The number of aliphatic hydroxyl groups excluding tert-OH is 3. The number of nitrogens with zero attached hydrogens (tertiary/aromatic N) is 2. The molecule has 5 atom stereocenters. The quantitative estimate of drug-likeness (QED) is 0.164. The van der Waals surface area contributed by atoms with Crippen molar-refractivity contribution in [3.8, 4) is 0 Å². The van der Waals surface area contributed by atoms with Crippen LogP contribution in [0.2, 0.25) is 0 Å². The van der Waals surface area contributed by atoms with Gasteiger partial charge in [-0.2, -0.15) is 0 Å². The predicted molar refractivity (Wildman–Crippen MR) is 152 cm³/mol. The Labute approximate surface area is 249 Å². The smallest absolute Gasteiger partial charge is 0.412 e. The molecular formula is C28H30N4O10S. The number of amides is 2. The number of carbonyl (C=O) groups is 4. The second kappa shape index (κ2) is 14.2. The van der Waals surface area contributed by atoms with Gasteiger partial charge in [0.25, 0.3) is 0 Å². The number of Topliss-reactive ketones (excluding diaryl/α,β-unsaturated/α-hetero) is 1. The van der Waals surface area contributed by atoms with E-state index in [1.807, 2.05) is 0 Å². The van der Waals surface area contributed by atoms with Crippen LogP contribution >= 0.6 is 11.3 Å². The van der Waals surface area contributed by atoms with Crippen LogP contribution in [0.15, 0.2) is 60.0 Å². The summed E-state index contributed by atoms with van der Waals surface area (Å²) in [5.74, 6) is -2.33. The van der Waals surface area contributed by atoms with Gasteiger partial charge in [-0.15, -0.1) is 11.3 Å². The molecule has 2 aromatic carbocycles. The summed E-state index contributed by atoms with van der Waals surface area (Å²) >= 11 is 1.24. The fraction of sp³-hybridized carbons (Fsp3) is 0.321. The van der Waals surface area contributed by atoms with Crippen LogP contribution in [0.5, 0.6) is 0 Å². The third-order valence-corrected chi connectivity index (χ3v) is 7.26. The topological polar surface area (TPSA) is 222 Å². The third-order valence-electron chi connectivity index (χ3n) is 6.54. The molecular weight excluding hydrogens is 584 g/mol. The lowest BCUT2D eigenvalue weighted by molar-refractivity contribution is -0.279. The number of carboxylic acids is 1. The summed E-state index contributed by atoms with van der Waals surface area (Å²) in [6.45, 7) is -0.459. The zero-order valence-electron chi connectivity index (χ0n) is 22.6. The van der Waals surface area contributed by atoms with E-state index in [-0.39, 0.29) is 25.3 Å². The highest BCUT2D eigenvalue weighted by atomic mass is 32.1. The van der Waals surface area contributed by atoms with E-state index in [9.17, 15) is 39.6 Å². The van der Waals surface area contributed by atoms with Crippen molar-refractivity contribution in [3.63, 3.8) is 0 Å². The van der Waals surface area contributed by atoms with E-state index in [0.29, 0.717) is 22.1 Å². The second-order valence-electron chi connectivity index (χ2n) is 9.68. The van der Waals surface area contributed by atoms with E-state index in [1.165, 1.54) is 11.3 Å². The highest BCUT2D eigenvalue weighted by Gasteiger charge is 2.49. The van der Waals surface area contributed by atoms with E-state index in [2.05, 4.69) is 10.3 Å². The number of thiazole rings is 1. The maximum Gasteiger partial charge on any atom is 0.412 e. The van der Waals surface area contributed by atoms with Gasteiger partial charge in [0.15, 0.2) is 17.0 Å². The zero-order valence-corrected chi connectivity index (χ0v) is 23.4. The Balaban J connectivity index is 1.41. The number of nitrogen functional groups attached to an aromatic ring is 1. The van der Waals surface area contributed by atoms with Gasteiger partial charge in [0.05, 0.1) is 18.7 Å². The summed E-state index contributed by atoms with van der Waals surface area (Å²) in [5, 5.41) is 44.3. The van der Waals surface area contributed by atoms with E-state index in [0.717, 1.165) is 10.5 Å². The number of nitrogens with one attached hydrogen (secondary N) is 1. The molecule has 14 nitrogen and oxygen atoms in total. The summed E-state index contributed by atoms with van der Waals surface area (Å²) in [5.41, 5.74) is 7.76. The number of carboxylic acid groups (broad SMARTS) is 1. The molecule has 43 heavy (non-hydrogen) atoms. The van der Waals surface area contributed by atoms with Crippen LogP contribution in [0.25, 0.3) is 0 Å². The Morgan fingerprint density at radius 1 is 1.00 bits per heavy atom. The van der Waals surface area contributed by atoms with Gasteiger partial charge < -0.3 is 45.9 Å². The minimum atomic E-state index is -1.97. The summed E-state index contributed by atoms with van der Waals surface area (Å²) in [7, 11) is 0. The molecule has 0 saturated carbocycles. The molecule has 0 bridgehead atoms. The Morgan fingerprint density at radius 2 is 1.70 bits per heavy atom. The normalized spacial score (nSPS) is 21.5. The van der Waals surface area contributed by atoms with Crippen molar-refractivity contribution >= 4 is 45.9 Å². The first-order valence-corrected chi connectivity index (χ1v) is 13.9. The molecule has 0 spiro atoms. The van der Waals surface area contributed by atoms with Gasteiger partial charge >= 0.3 is 12.1 Å². The molecule has 1 saturated heterocycles. The van der Waals surface area contributed by atoms with Crippen LogP contribution in [0.4, 0.5) is 15.6 Å². The molecule has 0 unspecified atom stereocenters. The van der Waals surface area contributed by atoms with Gasteiger partial charge in [0, 0.05) is 23.2 Å². The van der Waals surface area contributed by atoms with Gasteiger partial charge in [0.1, 0.15) is 18.3 Å². The lowest BCUT2D eigenvalue weighted by Crippen LogP contribution is -2.61. The first-order chi connectivity index (χ1) is 20.5. The number of ether oxygens (including phenoxy) is 2. The number of aliphatic carboxylic acids is 1. The van der Waals surface area contributed by atoms with Gasteiger partial charge in [0.2, 0.25) is 12.2 Å². The molecule has 228 valence electrons. The maximum absolute atomic E-state index is 13.1. The third kappa shape index (κ3) is 8.33. The highest BCUT2D eigenvalue weighted by Crippen LogP contribution is 2.23. The number of nitrogens with two attached hydrogens (primary N) is 1. The Morgan fingerprint density at radius 3 is 2.33 bits per heavy atom. The van der Waals surface area contributed by atoms with Crippen molar-refractivity contribution in [3.05, 3.63) is 76.8 Å². The fourth-order valence-electron chi connectivity index (χ4n) is 4.24. The number of hydrogen-bond acceptors (Lipinski definition) is 12. The van der Waals surface area contributed by atoms with Crippen molar-refractivity contribution in [2.75, 3.05) is 24.1 Å². The molecule has 2 amide bonds. The Kier molecular flexibility index (Phi) is 10.4. The lowest BCUT2D eigenvalue weighted by Gasteiger charge is -2.38. The van der Waals surface area contributed by atoms with Crippen LogP contribution < -0.4 is 11.1 Å². The molecule has 1 aliphatic heterocycles. The average molecular weight is 615 g/mol. The summed E-state index contributed by atoms with van der Waals surface area (Å²) in [6.07, 6.45) is -10.6. The first-order valence-electron chi connectivity index (χ1n) is 13.1. The number of rotatable bonds is 11. The zero-order chi connectivity index (χ0) is 31.1. The van der Waals surface area contributed by atoms with Gasteiger partial charge in [-0.3, -0.25) is 9.59 Å². The number of ketones is 1. The summed E-state index contributed by atoms with van der Waals surface area (Å²) in [4.78, 5) is 54.9. The minimum absolute atomic E-state index is 0.0370. The van der Waals surface area contributed by atoms with Crippen LogP contribution in [-0.2, 0) is 31.9 Å². The standard InChI is InChI=1S/C28H30N4O10S/c29-27-31-18(14-43-27)12-20(34)30-17-8-6-15(7-9-17)10-11-32(13-19(33)16-4-2-1-3-5-16)28(40)42-26-23(37)21(35)22(36)24(41-26)25(38)39/h1-9,14,21-24,26,35-37H,10-13H2,(H2,29,31)(H,30,34)(H,38,39)/t21-,22-,23+,24-,26-/m1/s1. The van der Waals surface area contributed by atoms with Gasteiger partial charge in [-0.05, 0) is 24.1 Å². The highest BCUT2D eigenvalue weighted by molar-refractivity contribution is 7.13. The fourth-order valence-corrected chi connectivity index (χ4v) is 4.80. The van der Waals surface area contributed by atoms with E-state index in [4.69, 9.17) is 15.2 Å². The van der Waals surface area contributed by atoms with Crippen molar-refractivity contribution in [2.45, 2.75) is 43.5 Å². The van der Waals surface area contributed by atoms with Crippen molar-refractivity contribution in [2.24, 2.45) is 0 Å². The average Bonchev–Trinajstić information content (AvgIpc) is 3.40. The number of benzene rings is 2. The van der Waals surface area contributed by atoms with E-state index < -0.39 is 55.1 Å². The summed E-state index contributed by atoms with van der Waals surface area (Å²) < 4.78 is 10.2. The Bertz CT molecular complexity index is 1430. The lowest BCUT2D eigenvalue weighted by atomic mass is 9.99. The number of aliphatic hydroxyl groups is 3. The molecule has 0 aliphatic carbocycles. The molecule has 0 radical (unpaired) electrons.